The van der Waals surface area contributed by atoms with Crippen LogP contribution in [0.2, 0.25) is 0 Å². The SMILES string of the molecule is CCCNCc1nccn1Cc1csc(C(C)C)n1. The zero-order valence-corrected chi connectivity index (χ0v) is 12.7. The first-order chi connectivity index (χ1) is 9.20. The third kappa shape index (κ3) is 3.88. The smallest absolute Gasteiger partial charge is 0.123 e. The van der Waals surface area contributed by atoms with Gasteiger partial charge in [-0.05, 0) is 13.0 Å². The third-order valence-corrected chi connectivity index (χ3v) is 4.10. The van der Waals surface area contributed by atoms with Gasteiger partial charge in [-0.3, -0.25) is 0 Å². The minimum atomic E-state index is 0.507. The summed E-state index contributed by atoms with van der Waals surface area (Å²) < 4.78 is 2.17. The number of imidazole rings is 1. The van der Waals surface area contributed by atoms with Crippen LogP contribution in [-0.4, -0.2) is 21.1 Å². The third-order valence-electron chi connectivity index (χ3n) is 2.91. The Morgan fingerprint density at radius 1 is 1.42 bits per heavy atom. The molecule has 0 fully saturated rings. The van der Waals surface area contributed by atoms with Gasteiger partial charge in [-0.1, -0.05) is 20.8 Å². The number of nitrogens with one attached hydrogen (secondary N) is 1. The van der Waals surface area contributed by atoms with Crippen LogP contribution in [-0.2, 0) is 13.1 Å². The molecule has 4 nitrogen and oxygen atoms in total. The van der Waals surface area contributed by atoms with E-state index < -0.39 is 0 Å². The van der Waals surface area contributed by atoms with Crippen molar-refractivity contribution in [3.8, 4) is 0 Å². The molecule has 0 aromatic carbocycles. The van der Waals surface area contributed by atoms with Crippen LogP contribution >= 0.6 is 11.3 Å². The topological polar surface area (TPSA) is 42.7 Å². The molecule has 1 N–H and O–H groups in total. The molecule has 2 aromatic heterocycles. The summed E-state index contributed by atoms with van der Waals surface area (Å²) in [5.41, 5.74) is 1.13. The number of hydrogen-bond donors (Lipinski definition) is 1. The Hall–Kier alpha value is -1.20. The number of aromatic nitrogens is 3. The van der Waals surface area contributed by atoms with Gasteiger partial charge in [0.25, 0.3) is 0 Å². The van der Waals surface area contributed by atoms with Crippen LogP contribution in [0.25, 0.3) is 0 Å². The van der Waals surface area contributed by atoms with Crippen LogP contribution in [0.1, 0.15) is 49.6 Å². The fourth-order valence-electron chi connectivity index (χ4n) is 1.86. The first kappa shape index (κ1) is 14.2. The molecule has 0 spiro atoms. The van der Waals surface area contributed by atoms with Crippen molar-refractivity contribution in [1.82, 2.24) is 19.9 Å². The van der Waals surface area contributed by atoms with Gasteiger partial charge >= 0.3 is 0 Å². The lowest BCUT2D eigenvalue weighted by Crippen LogP contribution is -2.18. The second-order valence-electron chi connectivity index (χ2n) is 4.98. The van der Waals surface area contributed by atoms with Crippen LogP contribution < -0.4 is 5.32 Å². The van der Waals surface area contributed by atoms with Gasteiger partial charge in [0, 0.05) is 23.7 Å². The van der Waals surface area contributed by atoms with Crippen molar-refractivity contribution in [2.24, 2.45) is 0 Å². The number of rotatable bonds is 7. The summed E-state index contributed by atoms with van der Waals surface area (Å²) in [5.74, 6) is 1.58. The summed E-state index contributed by atoms with van der Waals surface area (Å²) in [4.78, 5) is 9.07. The molecule has 0 saturated carbocycles. The first-order valence-corrected chi connectivity index (χ1v) is 7.73. The number of hydrogen-bond acceptors (Lipinski definition) is 4. The molecule has 0 amide bonds. The van der Waals surface area contributed by atoms with Crippen LogP contribution in [0.5, 0.6) is 0 Å². The molecule has 2 rings (SSSR count). The average molecular weight is 278 g/mol. The molecule has 2 aromatic rings. The van der Waals surface area contributed by atoms with Crippen molar-refractivity contribution in [1.29, 1.82) is 0 Å². The van der Waals surface area contributed by atoms with Crippen molar-refractivity contribution in [3.05, 3.63) is 34.3 Å². The lowest BCUT2D eigenvalue weighted by Gasteiger charge is -2.07. The highest BCUT2D eigenvalue weighted by molar-refractivity contribution is 7.09. The summed E-state index contributed by atoms with van der Waals surface area (Å²) in [6.45, 7) is 9.19. The highest BCUT2D eigenvalue weighted by Gasteiger charge is 2.08. The molecule has 0 aliphatic rings. The maximum absolute atomic E-state index is 4.67. The van der Waals surface area contributed by atoms with E-state index in [0.29, 0.717) is 5.92 Å². The molecule has 0 radical (unpaired) electrons. The van der Waals surface area contributed by atoms with Gasteiger partial charge in [0.05, 0.1) is 23.8 Å². The van der Waals surface area contributed by atoms with Gasteiger partial charge in [0.2, 0.25) is 0 Å². The van der Waals surface area contributed by atoms with E-state index in [-0.39, 0.29) is 0 Å². The quantitative estimate of drug-likeness (QED) is 0.792. The molecule has 2 heterocycles. The van der Waals surface area contributed by atoms with E-state index >= 15 is 0 Å². The minimum absolute atomic E-state index is 0.507. The Morgan fingerprint density at radius 3 is 2.95 bits per heavy atom. The largest absolute Gasteiger partial charge is 0.328 e. The molecule has 104 valence electrons. The molecular weight excluding hydrogens is 256 g/mol. The fourth-order valence-corrected chi connectivity index (χ4v) is 2.69. The van der Waals surface area contributed by atoms with Gasteiger partial charge < -0.3 is 9.88 Å². The predicted octanol–water partition coefficient (Wildman–Crippen LogP) is 3.01. The summed E-state index contributed by atoms with van der Waals surface area (Å²) in [6.07, 6.45) is 5.03. The maximum Gasteiger partial charge on any atom is 0.123 e. The number of thiazole rings is 1. The van der Waals surface area contributed by atoms with E-state index in [1.54, 1.807) is 11.3 Å². The zero-order valence-electron chi connectivity index (χ0n) is 11.9. The van der Waals surface area contributed by atoms with Gasteiger partial charge in [0.15, 0.2) is 0 Å². The van der Waals surface area contributed by atoms with Crippen LogP contribution in [0, 0.1) is 0 Å². The molecule has 0 atom stereocenters. The van der Waals surface area contributed by atoms with E-state index in [9.17, 15) is 0 Å². The Morgan fingerprint density at radius 2 is 2.26 bits per heavy atom. The Kier molecular flexibility index (Phi) is 5.10. The maximum atomic E-state index is 4.67. The Labute approximate surface area is 118 Å². The molecule has 0 aliphatic heterocycles. The molecule has 5 heteroatoms. The van der Waals surface area contributed by atoms with Crippen LogP contribution in [0.15, 0.2) is 17.8 Å². The van der Waals surface area contributed by atoms with E-state index in [0.717, 1.165) is 37.6 Å². The minimum Gasteiger partial charge on any atom is -0.328 e. The average Bonchev–Trinajstić information content (AvgIpc) is 3.00. The van der Waals surface area contributed by atoms with Crippen molar-refractivity contribution in [2.45, 2.75) is 46.2 Å². The highest BCUT2D eigenvalue weighted by atomic mass is 32.1. The molecule has 0 aliphatic carbocycles. The normalized spacial score (nSPS) is 11.4. The molecule has 0 saturated heterocycles. The summed E-state index contributed by atoms with van der Waals surface area (Å²) in [5, 5.41) is 6.75. The van der Waals surface area contributed by atoms with E-state index in [1.807, 2.05) is 12.4 Å². The van der Waals surface area contributed by atoms with Gasteiger partial charge in [-0.15, -0.1) is 11.3 Å². The summed E-state index contributed by atoms with van der Waals surface area (Å²) >= 11 is 1.75. The van der Waals surface area contributed by atoms with E-state index in [1.165, 1.54) is 5.01 Å². The van der Waals surface area contributed by atoms with Crippen molar-refractivity contribution < 1.29 is 0 Å². The molecule has 0 unspecified atom stereocenters. The Balaban J connectivity index is 2.00. The van der Waals surface area contributed by atoms with Gasteiger partial charge in [-0.2, -0.15) is 0 Å². The van der Waals surface area contributed by atoms with Crippen molar-refractivity contribution in [2.75, 3.05) is 6.54 Å². The molecular formula is C14H22N4S. The zero-order chi connectivity index (χ0) is 13.7. The second kappa shape index (κ2) is 6.82. The van der Waals surface area contributed by atoms with Crippen molar-refractivity contribution in [3.63, 3.8) is 0 Å². The lowest BCUT2D eigenvalue weighted by molar-refractivity contribution is 0.612. The lowest BCUT2D eigenvalue weighted by atomic mass is 10.2. The monoisotopic (exact) mass is 278 g/mol. The summed E-state index contributed by atoms with van der Waals surface area (Å²) in [7, 11) is 0. The molecule has 0 bridgehead atoms. The van der Waals surface area contributed by atoms with E-state index in [2.05, 4.69) is 46.0 Å². The molecule has 19 heavy (non-hydrogen) atoms. The number of nitrogens with zero attached hydrogens (tertiary/aromatic N) is 3. The highest BCUT2D eigenvalue weighted by Crippen LogP contribution is 2.19. The fraction of sp³-hybridized carbons (Fsp3) is 0.571. The predicted molar refractivity (Wildman–Crippen MR) is 79.5 cm³/mol. The second-order valence-corrected chi connectivity index (χ2v) is 5.87. The van der Waals surface area contributed by atoms with E-state index in [4.69, 9.17) is 0 Å². The standard InChI is InChI=1S/C14H22N4S/c1-4-5-15-8-13-16-6-7-18(13)9-12-10-19-14(17-12)11(2)3/h6-7,10-11,15H,4-5,8-9H2,1-3H3. The summed E-state index contributed by atoms with van der Waals surface area (Å²) in [6, 6.07) is 0. The van der Waals surface area contributed by atoms with Crippen LogP contribution in [0.4, 0.5) is 0 Å². The van der Waals surface area contributed by atoms with Gasteiger partial charge in [0.1, 0.15) is 5.82 Å². The van der Waals surface area contributed by atoms with Crippen LogP contribution in [0.3, 0.4) is 0 Å². The van der Waals surface area contributed by atoms with Crippen molar-refractivity contribution >= 4 is 11.3 Å². The van der Waals surface area contributed by atoms with Gasteiger partial charge in [-0.25, -0.2) is 9.97 Å². The first-order valence-electron chi connectivity index (χ1n) is 6.85. The Bertz CT molecular complexity index is 501.